The molecule has 16 heavy (non-hydrogen) atoms. The molecule has 0 aromatic heterocycles. The van der Waals surface area contributed by atoms with Crippen molar-refractivity contribution >= 4 is 59.1 Å². The molecule has 0 aliphatic carbocycles. The summed E-state index contributed by atoms with van der Waals surface area (Å²) < 4.78 is 0. The molecule has 0 rings (SSSR count). The summed E-state index contributed by atoms with van der Waals surface area (Å²) in [4.78, 5) is 4.75. The summed E-state index contributed by atoms with van der Waals surface area (Å²) in [6.45, 7) is 20.2. The summed E-state index contributed by atoms with van der Waals surface area (Å²) in [5.41, 5.74) is 0. The fourth-order valence-electron chi connectivity index (χ4n) is 1.34. The number of hydrogen-bond acceptors (Lipinski definition) is 2. The Hall–Kier alpha value is 1.92. The average molecular weight is 248 g/mol. The molecule has 0 heterocycles. The second kappa shape index (κ2) is 22.1. The second-order valence-corrected chi connectivity index (χ2v) is 3.24. The van der Waals surface area contributed by atoms with Crippen LogP contribution in [0.5, 0.6) is 0 Å². The zero-order valence-corrected chi connectivity index (χ0v) is 17.1. The molecule has 2 nitrogen and oxygen atoms in total. The predicted octanol–water partition coefficient (Wildman–Crippen LogP) is 1.93. The molecular formula is C12H30N2Na2. The molecule has 0 unspecified atom stereocenters. The third-order valence-corrected chi connectivity index (χ3v) is 2.68. The first-order valence-electron chi connectivity index (χ1n) is 6.14. The van der Waals surface area contributed by atoms with Crippen LogP contribution in [0.25, 0.3) is 0 Å². The Labute approximate surface area is 148 Å². The van der Waals surface area contributed by atoms with Gasteiger partial charge in [0, 0.05) is 59.1 Å². The molecular weight excluding hydrogens is 218 g/mol. The molecule has 90 valence electrons. The number of hydrogen-bond donors (Lipinski definition) is 0. The van der Waals surface area contributed by atoms with Crippen LogP contribution in [0.15, 0.2) is 0 Å². The van der Waals surface area contributed by atoms with Crippen LogP contribution in [0.2, 0.25) is 0 Å². The summed E-state index contributed by atoms with van der Waals surface area (Å²) >= 11 is 0. The van der Waals surface area contributed by atoms with Gasteiger partial charge in [0.25, 0.3) is 0 Å². The van der Waals surface area contributed by atoms with Crippen LogP contribution in [0.1, 0.15) is 41.5 Å². The van der Waals surface area contributed by atoms with Crippen molar-refractivity contribution in [2.75, 3.05) is 39.3 Å². The van der Waals surface area contributed by atoms with Crippen LogP contribution < -0.4 is 0 Å². The maximum atomic E-state index is 2.38. The van der Waals surface area contributed by atoms with Crippen LogP contribution in [-0.4, -0.2) is 108 Å². The van der Waals surface area contributed by atoms with Crippen molar-refractivity contribution in [3.63, 3.8) is 0 Å². The summed E-state index contributed by atoms with van der Waals surface area (Å²) in [5.74, 6) is 0. The van der Waals surface area contributed by atoms with E-state index in [1.54, 1.807) is 0 Å². The van der Waals surface area contributed by atoms with Crippen molar-refractivity contribution in [1.29, 1.82) is 0 Å². The third-order valence-electron chi connectivity index (χ3n) is 2.68. The molecule has 0 N–H and O–H groups in total. The van der Waals surface area contributed by atoms with Gasteiger partial charge in [-0.25, -0.2) is 0 Å². The minimum atomic E-state index is 0. The molecule has 0 atom stereocenters. The molecule has 0 amide bonds. The van der Waals surface area contributed by atoms with Crippen LogP contribution >= 0.6 is 0 Å². The van der Waals surface area contributed by atoms with Gasteiger partial charge >= 0.3 is 0 Å². The van der Waals surface area contributed by atoms with E-state index in [2.05, 4.69) is 51.3 Å². The van der Waals surface area contributed by atoms with E-state index in [9.17, 15) is 0 Å². The zero-order valence-electron chi connectivity index (χ0n) is 13.1. The van der Waals surface area contributed by atoms with Crippen molar-refractivity contribution in [1.82, 2.24) is 9.80 Å². The predicted molar refractivity (Wildman–Crippen MR) is 78.4 cm³/mol. The van der Waals surface area contributed by atoms with E-state index in [1.807, 2.05) is 0 Å². The van der Waals surface area contributed by atoms with Gasteiger partial charge in [0.2, 0.25) is 0 Å². The number of rotatable bonds is 6. The Bertz CT molecular complexity index is 72.0. The Morgan fingerprint density at radius 2 is 0.562 bits per heavy atom. The first-order chi connectivity index (χ1) is 6.69. The van der Waals surface area contributed by atoms with Gasteiger partial charge in [-0.3, -0.25) is 0 Å². The maximum absolute atomic E-state index is 2.38. The topological polar surface area (TPSA) is 6.48 Å². The van der Waals surface area contributed by atoms with Crippen LogP contribution in [0.4, 0.5) is 0 Å². The van der Waals surface area contributed by atoms with E-state index >= 15 is 0 Å². The average Bonchev–Trinajstić information content (AvgIpc) is 2.24. The van der Waals surface area contributed by atoms with E-state index in [0.29, 0.717) is 0 Å². The fourth-order valence-corrected chi connectivity index (χ4v) is 1.34. The van der Waals surface area contributed by atoms with Crippen molar-refractivity contribution in [3.8, 4) is 0 Å². The largest absolute Gasteiger partial charge is 0.304 e. The summed E-state index contributed by atoms with van der Waals surface area (Å²) in [7, 11) is 0. The van der Waals surface area contributed by atoms with E-state index in [1.165, 1.54) is 39.3 Å². The monoisotopic (exact) mass is 248 g/mol. The second-order valence-electron chi connectivity index (χ2n) is 3.24. The quantitative estimate of drug-likeness (QED) is 0.663. The maximum Gasteiger partial charge on any atom is 0 e. The van der Waals surface area contributed by atoms with E-state index in [0.717, 1.165) is 0 Å². The minimum absolute atomic E-state index is 0. The molecule has 2 radical (unpaired) electrons. The molecule has 0 aromatic carbocycles. The van der Waals surface area contributed by atoms with Gasteiger partial charge in [-0.2, -0.15) is 0 Å². The summed E-state index contributed by atoms with van der Waals surface area (Å²) in [6.07, 6.45) is 0. The first kappa shape index (κ1) is 26.5. The van der Waals surface area contributed by atoms with Crippen molar-refractivity contribution in [3.05, 3.63) is 0 Å². The van der Waals surface area contributed by atoms with Crippen molar-refractivity contribution in [2.24, 2.45) is 0 Å². The molecule has 0 aromatic rings. The molecule has 0 saturated heterocycles. The van der Waals surface area contributed by atoms with Gasteiger partial charge in [0.05, 0.1) is 0 Å². The number of nitrogens with zero attached hydrogens (tertiary/aromatic N) is 2. The van der Waals surface area contributed by atoms with Crippen LogP contribution in [0, 0.1) is 0 Å². The van der Waals surface area contributed by atoms with Crippen molar-refractivity contribution in [2.45, 2.75) is 41.5 Å². The van der Waals surface area contributed by atoms with E-state index in [-0.39, 0.29) is 59.1 Å². The Balaban J connectivity index is -0.0000000800. The summed E-state index contributed by atoms with van der Waals surface area (Å²) in [5, 5.41) is 0. The Morgan fingerprint density at radius 3 is 0.562 bits per heavy atom. The first-order valence-corrected chi connectivity index (χ1v) is 6.14. The molecule has 0 aliphatic rings. The summed E-state index contributed by atoms with van der Waals surface area (Å²) in [6, 6.07) is 0. The minimum Gasteiger partial charge on any atom is -0.304 e. The van der Waals surface area contributed by atoms with Crippen molar-refractivity contribution < 1.29 is 0 Å². The van der Waals surface area contributed by atoms with E-state index in [4.69, 9.17) is 0 Å². The van der Waals surface area contributed by atoms with Gasteiger partial charge in [-0.05, 0) is 39.3 Å². The Morgan fingerprint density at radius 1 is 0.438 bits per heavy atom. The molecule has 4 heteroatoms. The Kier molecular flexibility index (Phi) is 36.6. The van der Waals surface area contributed by atoms with Gasteiger partial charge in [0.1, 0.15) is 0 Å². The van der Waals surface area contributed by atoms with Gasteiger partial charge in [0.15, 0.2) is 0 Å². The zero-order chi connectivity index (χ0) is 11.4. The van der Waals surface area contributed by atoms with Crippen LogP contribution in [-0.2, 0) is 0 Å². The molecule has 0 bridgehead atoms. The molecule has 0 spiro atoms. The van der Waals surface area contributed by atoms with Gasteiger partial charge in [-0.15, -0.1) is 0 Å². The van der Waals surface area contributed by atoms with Gasteiger partial charge in [-0.1, -0.05) is 41.5 Å². The standard InChI is InChI=1S/2C6H15N.2Na/c2*1-4-7(5-2)6-3;;/h2*4-6H2,1-3H3;;. The third kappa shape index (κ3) is 18.3. The molecule has 0 fully saturated rings. The SMILES string of the molecule is CCN(CC)CC.CCN(CC)CC.[Na].[Na]. The fraction of sp³-hybridized carbons (Fsp3) is 1.00. The van der Waals surface area contributed by atoms with E-state index < -0.39 is 0 Å². The van der Waals surface area contributed by atoms with Crippen LogP contribution in [0.3, 0.4) is 0 Å². The van der Waals surface area contributed by atoms with Gasteiger partial charge < -0.3 is 9.80 Å². The smallest absolute Gasteiger partial charge is 0 e. The molecule has 0 aliphatic heterocycles. The normalized spacial score (nSPS) is 9.00. The molecule has 0 saturated carbocycles.